The second-order valence-corrected chi connectivity index (χ2v) is 8.18. The van der Waals surface area contributed by atoms with E-state index in [0.717, 1.165) is 39.7 Å². The second kappa shape index (κ2) is 9.22. The van der Waals surface area contributed by atoms with Gasteiger partial charge in [0, 0.05) is 18.5 Å². The molecule has 4 aromatic rings. The van der Waals surface area contributed by atoms with Gasteiger partial charge in [0.2, 0.25) is 0 Å². The Morgan fingerprint density at radius 1 is 0.906 bits per heavy atom. The van der Waals surface area contributed by atoms with Crippen LogP contribution in [0.5, 0.6) is 0 Å². The number of imidazole rings is 1. The normalized spacial score (nSPS) is 21.1. The molecule has 0 radical (unpaired) electrons. The minimum absolute atomic E-state index is 0.0291. The van der Waals surface area contributed by atoms with Gasteiger partial charge in [0.25, 0.3) is 0 Å². The number of aliphatic hydroxyl groups is 1. The fourth-order valence-electron chi connectivity index (χ4n) is 4.22. The molecule has 0 spiro atoms. The molecule has 1 unspecified atom stereocenters. The van der Waals surface area contributed by atoms with Crippen LogP contribution in [0.2, 0.25) is 0 Å². The maximum atomic E-state index is 9.38. The Labute approximate surface area is 187 Å². The van der Waals surface area contributed by atoms with Gasteiger partial charge in [0.1, 0.15) is 0 Å². The summed E-state index contributed by atoms with van der Waals surface area (Å²) in [6.07, 6.45) is 1.96. The average Bonchev–Trinajstić information content (AvgIpc) is 3.26. The fourth-order valence-corrected chi connectivity index (χ4v) is 4.22. The zero-order valence-electron chi connectivity index (χ0n) is 17.8. The van der Waals surface area contributed by atoms with Crippen molar-refractivity contribution >= 4 is 11.0 Å². The van der Waals surface area contributed by atoms with Crippen LogP contribution in [0.15, 0.2) is 79.1 Å². The van der Waals surface area contributed by atoms with Gasteiger partial charge in [-0.05, 0) is 28.8 Å². The van der Waals surface area contributed by atoms with Crippen molar-refractivity contribution in [2.45, 2.75) is 44.6 Å². The van der Waals surface area contributed by atoms with Crippen LogP contribution >= 0.6 is 0 Å². The molecule has 2 heterocycles. The van der Waals surface area contributed by atoms with Gasteiger partial charge < -0.3 is 24.9 Å². The van der Waals surface area contributed by atoms with Gasteiger partial charge in [-0.25, -0.2) is 4.98 Å². The summed E-state index contributed by atoms with van der Waals surface area (Å²) in [6.45, 7) is 1.22. The standard InChI is InChI=1S/C26H27N3O3/c27-14-18-5-11-21(12-6-18)26-31-22(15-29-17-28-23-3-1-2-4-24(23)29)13-25(32-26)20-9-7-19(16-30)8-10-20/h1-12,17,22,25-26,30H,13-16,27H2/t22-,25+,26?/m0/s1. The molecule has 32 heavy (non-hydrogen) atoms. The largest absolute Gasteiger partial charge is 0.392 e. The molecule has 3 atom stereocenters. The molecule has 0 saturated carbocycles. The second-order valence-electron chi connectivity index (χ2n) is 8.18. The van der Waals surface area contributed by atoms with Gasteiger partial charge in [0.15, 0.2) is 6.29 Å². The van der Waals surface area contributed by atoms with Crippen molar-refractivity contribution in [1.29, 1.82) is 0 Å². The first-order chi connectivity index (χ1) is 15.7. The number of aromatic nitrogens is 2. The molecule has 1 aromatic heterocycles. The molecule has 0 aliphatic carbocycles. The van der Waals surface area contributed by atoms with Crippen molar-refractivity contribution in [2.24, 2.45) is 5.73 Å². The summed E-state index contributed by atoms with van der Waals surface area (Å²) in [7, 11) is 0. The molecule has 1 aliphatic rings. The van der Waals surface area contributed by atoms with Crippen molar-refractivity contribution in [1.82, 2.24) is 9.55 Å². The number of nitrogens with two attached hydrogens (primary N) is 1. The molecule has 0 bridgehead atoms. The lowest BCUT2D eigenvalue weighted by molar-refractivity contribution is -0.252. The molecule has 1 fully saturated rings. The predicted octanol–water partition coefficient (Wildman–Crippen LogP) is 4.23. The Bertz CT molecular complexity index is 1120. The molecular formula is C26H27N3O3. The minimum atomic E-state index is -0.474. The van der Waals surface area contributed by atoms with Crippen LogP contribution in [0.3, 0.4) is 0 Å². The highest BCUT2D eigenvalue weighted by molar-refractivity contribution is 5.74. The van der Waals surface area contributed by atoms with Crippen LogP contribution in [-0.2, 0) is 29.2 Å². The number of rotatable bonds is 6. The lowest BCUT2D eigenvalue weighted by Gasteiger charge is -2.36. The van der Waals surface area contributed by atoms with Crippen LogP contribution in [0.25, 0.3) is 11.0 Å². The molecule has 1 saturated heterocycles. The van der Waals surface area contributed by atoms with Gasteiger partial charge in [-0.15, -0.1) is 0 Å². The number of nitrogens with zero attached hydrogens (tertiary/aromatic N) is 2. The first-order valence-electron chi connectivity index (χ1n) is 10.9. The molecule has 3 N–H and O–H groups in total. The zero-order valence-corrected chi connectivity index (χ0v) is 17.8. The fraction of sp³-hybridized carbons (Fsp3) is 0.269. The third-order valence-corrected chi connectivity index (χ3v) is 6.03. The van der Waals surface area contributed by atoms with Crippen LogP contribution in [-0.4, -0.2) is 20.8 Å². The summed E-state index contributed by atoms with van der Waals surface area (Å²) in [5, 5.41) is 9.38. The SMILES string of the molecule is NCc1ccc(C2O[C@H](Cn3cnc4ccccc43)C[C@H](c3ccc(CO)cc3)O2)cc1. The van der Waals surface area contributed by atoms with E-state index >= 15 is 0 Å². The van der Waals surface area contributed by atoms with E-state index < -0.39 is 6.29 Å². The van der Waals surface area contributed by atoms with Gasteiger partial charge in [0.05, 0.1) is 42.7 Å². The predicted molar refractivity (Wildman–Crippen MR) is 122 cm³/mol. The van der Waals surface area contributed by atoms with Crippen molar-refractivity contribution in [3.63, 3.8) is 0 Å². The van der Waals surface area contributed by atoms with E-state index in [9.17, 15) is 5.11 Å². The van der Waals surface area contributed by atoms with E-state index in [1.165, 1.54) is 0 Å². The summed E-state index contributed by atoms with van der Waals surface area (Å²) in [4.78, 5) is 4.52. The zero-order chi connectivity index (χ0) is 21.9. The van der Waals surface area contributed by atoms with Crippen molar-refractivity contribution < 1.29 is 14.6 Å². The topological polar surface area (TPSA) is 82.5 Å². The van der Waals surface area contributed by atoms with E-state index in [-0.39, 0.29) is 18.8 Å². The van der Waals surface area contributed by atoms with Crippen LogP contribution in [0.1, 0.15) is 41.1 Å². The molecule has 6 heteroatoms. The molecule has 5 rings (SSSR count). The van der Waals surface area contributed by atoms with Gasteiger partial charge in [-0.2, -0.15) is 0 Å². The lowest BCUT2D eigenvalue weighted by atomic mass is 10.00. The molecule has 6 nitrogen and oxygen atoms in total. The molecule has 1 aliphatic heterocycles. The summed E-state index contributed by atoms with van der Waals surface area (Å²) in [6, 6.07) is 24.1. The summed E-state index contributed by atoms with van der Waals surface area (Å²) < 4.78 is 15.0. The first kappa shape index (κ1) is 20.8. The number of benzene rings is 3. The number of para-hydroxylation sites is 2. The van der Waals surface area contributed by atoms with Gasteiger partial charge >= 0.3 is 0 Å². The van der Waals surface area contributed by atoms with E-state index in [4.69, 9.17) is 15.2 Å². The Kier molecular flexibility index (Phi) is 6.01. The maximum absolute atomic E-state index is 9.38. The summed E-state index contributed by atoms with van der Waals surface area (Å²) in [5.74, 6) is 0. The Morgan fingerprint density at radius 3 is 2.38 bits per heavy atom. The van der Waals surface area contributed by atoms with E-state index in [2.05, 4.69) is 15.6 Å². The van der Waals surface area contributed by atoms with Gasteiger partial charge in [-0.1, -0.05) is 60.7 Å². The van der Waals surface area contributed by atoms with Crippen LogP contribution < -0.4 is 5.73 Å². The van der Waals surface area contributed by atoms with Crippen molar-refractivity contribution in [3.05, 3.63) is 101 Å². The maximum Gasteiger partial charge on any atom is 0.184 e. The summed E-state index contributed by atoms with van der Waals surface area (Å²) >= 11 is 0. The number of hydrogen-bond acceptors (Lipinski definition) is 5. The van der Waals surface area contributed by atoms with Crippen LogP contribution in [0.4, 0.5) is 0 Å². The highest BCUT2D eigenvalue weighted by Gasteiger charge is 2.32. The van der Waals surface area contributed by atoms with E-state index in [1.54, 1.807) is 0 Å². The third kappa shape index (κ3) is 4.31. The number of hydrogen-bond donors (Lipinski definition) is 2. The van der Waals surface area contributed by atoms with Gasteiger partial charge in [-0.3, -0.25) is 0 Å². The smallest absolute Gasteiger partial charge is 0.184 e. The molecular weight excluding hydrogens is 402 g/mol. The Morgan fingerprint density at radius 2 is 1.62 bits per heavy atom. The highest BCUT2D eigenvalue weighted by Crippen LogP contribution is 2.38. The molecule has 0 amide bonds. The highest BCUT2D eigenvalue weighted by atomic mass is 16.7. The molecule has 3 aromatic carbocycles. The van der Waals surface area contributed by atoms with E-state index in [0.29, 0.717) is 13.1 Å². The van der Waals surface area contributed by atoms with Crippen molar-refractivity contribution in [2.75, 3.05) is 0 Å². The number of ether oxygens (including phenoxy) is 2. The Hall–Kier alpha value is -3.03. The van der Waals surface area contributed by atoms with Crippen molar-refractivity contribution in [3.8, 4) is 0 Å². The average molecular weight is 430 g/mol. The number of aliphatic hydroxyl groups excluding tert-OH is 1. The monoisotopic (exact) mass is 429 g/mol. The first-order valence-corrected chi connectivity index (χ1v) is 10.9. The third-order valence-electron chi connectivity index (χ3n) is 6.03. The van der Waals surface area contributed by atoms with E-state index in [1.807, 2.05) is 73.1 Å². The lowest BCUT2D eigenvalue weighted by Crippen LogP contribution is -2.32. The minimum Gasteiger partial charge on any atom is -0.392 e. The quantitative estimate of drug-likeness (QED) is 0.479. The number of fused-ring (bicyclic) bond motifs is 1. The molecule has 164 valence electrons. The Balaban J connectivity index is 1.43. The summed E-state index contributed by atoms with van der Waals surface area (Å²) in [5.41, 5.74) is 11.8. The van der Waals surface area contributed by atoms with Crippen LogP contribution in [0, 0.1) is 0 Å².